The average molecular weight is 262 g/mol. The molecule has 1 aliphatic rings. The number of nitrogens with one attached hydrogen (secondary N) is 1. The molecule has 0 aromatic carbocycles. The maximum atomic E-state index is 11.8. The molecule has 1 rings (SSSR count). The predicted molar refractivity (Wildman–Crippen MR) is 64.3 cm³/mol. The highest BCUT2D eigenvalue weighted by molar-refractivity contribution is 7.84. The number of amides is 2. The highest BCUT2D eigenvalue weighted by atomic mass is 32.2. The van der Waals surface area contributed by atoms with E-state index in [4.69, 9.17) is 5.11 Å². The summed E-state index contributed by atoms with van der Waals surface area (Å²) >= 11 is 0. The van der Waals surface area contributed by atoms with Crippen molar-refractivity contribution in [3.8, 4) is 0 Å². The molecule has 0 heterocycles. The molecule has 2 N–H and O–H groups in total. The minimum atomic E-state index is -1.02. The molecule has 98 valence electrons. The lowest BCUT2D eigenvalue weighted by Gasteiger charge is -2.23. The van der Waals surface area contributed by atoms with Crippen LogP contribution >= 0.6 is 0 Å². The Hall–Kier alpha value is -1.11. The lowest BCUT2D eigenvalue weighted by Crippen LogP contribution is -2.48. The molecule has 7 heteroatoms. The second-order valence-electron chi connectivity index (χ2n) is 4.34. The zero-order valence-corrected chi connectivity index (χ0v) is 10.8. The Morgan fingerprint density at radius 3 is 2.53 bits per heavy atom. The van der Waals surface area contributed by atoms with E-state index in [9.17, 15) is 13.8 Å². The highest BCUT2D eigenvalue weighted by Gasteiger charge is 2.34. The molecule has 0 spiro atoms. The molecule has 17 heavy (non-hydrogen) atoms. The summed E-state index contributed by atoms with van der Waals surface area (Å²) in [5, 5.41) is 11.4. The van der Waals surface area contributed by atoms with Gasteiger partial charge in [0.2, 0.25) is 0 Å². The van der Waals surface area contributed by atoms with Gasteiger partial charge in [-0.1, -0.05) is 0 Å². The van der Waals surface area contributed by atoms with Gasteiger partial charge in [0.25, 0.3) is 0 Å². The summed E-state index contributed by atoms with van der Waals surface area (Å²) in [6.45, 7) is 1.48. The average Bonchev–Trinajstić information content (AvgIpc) is 2.94. The van der Waals surface area contributed by atoms with Crippen LogP contribution in [0.2, 0.25) is 0 Å². The van der Waals surface area contributed by atoms with E-state index < -0.39 is 16.8 Å². The number of carbonyl (C=O) groups is 2. The summed E-state index contributed by atoms with van der Waals surface area (Å²) < 4.78 is 11.0. The summed E-state index contributed by atoms with van der Waals surface area (Å²) in [6.07, 6.45) is 3.28. The molecule has 6 nitrogen and oxygen atoms in total. The van der Waals surface area contributed by atoms with Gasteiger partial charge >= 0.3 is 12.0 Å². The van der Waals surface area contributed by atoms with E-state index in [0.29, 0.717) is 5.75 Å². The van der Waals surface area contributed by atoms with Crippen LogP contribution in [0.4, 0.5) is 4.79 Å². The first-order valence-electron chi connectivity index (χ1n) is 5.49. The van der Waals surface area contributed by atoms with Crippen LogP contribution in [0.15, 0.2) is 0 Å². The van der Waals surface area contributed by atoms with Crippen molar-refractivity contribution in [3.05, 3.63) is 0 Å². The van der Waals surface area contributed by atoms with Crippen LogP contribution < -0.4 is 5.32 Å². The number of aliphatic carboxylic acids is 1. The van der Waals surface area contributed by atoms with Crippen LogP contribution in [0.5, 0.6) is 0 Å². The van der Waals surface area contributed by atoms with E-state index >= 15 is 0 Å². The lowest BCUT2D eigenvalue weighted by molar-refractivity contribution is -0.137. The van der Waals surface area contributed by atoms with Crippen LogP contribution in [-0.4, -0.2) is 56.9 Å². The Morgan fingerprint density at radius 2 is 2.12 bits per heavy atom. The fourth-order valence-corrected chi connectivity index (χ4v) is 2.37. The molecule has 2 unspecified atom stereocenters. The number of hydrogen-bond donors (Lipinski definition) is 2. The number of urea groups is 1. The van der Waals surface area contributed by atoms with E-state index in [1.165, 1.54) is 4.90 Å². The summed E-state index contributed by atoms with van der Waals surface area (Å²) in [4.78, 5) is 23.8. The van der Waals surface area contributed by atoms with Gasteiger partial charge in [0.05, 0.1) is 0 Å². The molecule has 0 saturated heterocycles. The molecular formula is C10H18N2O4S. The van der Waals surface area contributed by atoms with E-state index in [2.05, 4.69) is 5.32 Å². The molecule has 2 atom stereocenters. The maximum absolute atomic E-state index is 11.8. The predicted octanol–water partition coefficient (Wildman–Crippen LogP) is 0.0120. The number of carboxylic acids is 1. The van der Waals surface area contributed by atoms with Crippen molar-refractivity contribution < 1.29 is 18.9 Å². The van der Waals surface area contributed by atoms with Crippen molar-refractivity contribution in [2.75, 3.05) is 18.6 Å². The van der Waals surface area contributed by atoms with Gasteiger partial charge in [-0.2, -0.15) is 0 Å². The Labute approximate surface area is 103 Å². The van der Waals surface area contributed by atoms with Gasteiger partial charge in [0.1, 0.15) is 6.54 Å². The molecule has 0 radical (unpaired) electrons. The van der Waals surface area contributed by atoms with Gasteiger partial charge in [-0.3, -0.25) is 9.00 Å². The highest BCUT2D eigenvalue weighted by Crippen LogP contribution is 2.26. The van der Waals surface area contributed by atoms with E-state index in [1.807, 2.05) is 0 Å². The van der Waals surface area contributed by atoms with Crippen LogP contribution in [0.1, 0.15) is 19.8 Å². The third kappa shape index (κ3) is 5.16. The first-order chi connectivity index (χ1) is 7.90. The fraction of sp³-hybridized carbons (Fsp3) is 0.800. The monoisotopic (exact) mass is 262 g/mol. The number of rotatable bonds is 6. The van der Waals surface area contributed by atoms with Crippen molar-refractivity contribution in [1.82, 2.24) is 10.2 Å². The third-order valence-electron chi connectivity index (χ3n) is 2.41. The summed E-state index contributed by atoms with van der Waals surface area (Å²) in [5.41, 5.74) is 0. The molecule has 1 aliphatic carbocycles. The largest absolute Gasteiger partial charge is 0.480 e. The minimum Gasteiger partial charge on any atom is -0.480 e. The Balaban J connectivity index is 2.47. The summed E-state index contributed by atoms with van der Waals surface area (Å²) in [6, 6.07) is -0.554. The summed E-state index contributed by atoms with van der Waals surface area (Å²) in [5.74, 6) is -0.643. The van der Waals surface area contributed by atoms with Crippen molar-refractivity contribution >= 4 is 22.8 Å². The molecule has 0 aromatic rings. The molecule has 2 amide bonds. The molecule has 1 fully saturated rings. The Bertz CT molecular complexity index is 330. The van der Waals surface area contributed by atoms with E-state index in [1.54, 1.807) is 13.2 Å². The first kappa shape index (κ1) is 14.0. The van der Waals surface area contributed by atoms with Crippen LogP contribution in [0.25, 0.3) is 0 Å². The zero-order valence-electron chi connectivity index (χ0n) is 10.0. The third-order valence-corrected chi connectivity index (χ3v) is 3.38. The zero-order chi connectivity index (χ0) is 13.0. The standard InChI is InChI=1S/C10H18N2O4S/c1-7(6-17(2)16)11-10(15)12(5-9(13)14)8-3-4-8/h7-8H,3-6H2,1-2H3,(H,11,15)(H,13,14). The van der Waals surface area contributed by atoms with Crippen LogP contribution in [0.3, 0.4) is 0 Å². The first-order valence-corrected chi connectivity index (χ1v) is 7.21. The number of nitrogens with zero attached hydrogens (tertiary/aromatic N) is 1. The van der Waals surface area contributed by atoms with Gasteiger partial charge in [-0.05, 0) is 19.8 Å². The van der Waals surface area contributed by atoms with Gasteiger partial charge < -0.3 is 15.3 Å². The fourth-order valence-electron chi connectivity index (χ4n) is 1.59. The van der Waals surface area contributed by atoms with Crippen LogP contribution in [-0.2, 0) is 15.6 Å². The smallest absolute Gasteiger partial charge is 0.323 e. The number of carbonyl (C=O) groups excluding carboxylic acids is 1. The molecule has 0 aliphatic heterocycles. The van der Waals surface area contributed by atoms with E-state index in [-0.39, 0.29) is 24.7 Å². The van der Waals surface area contributed by atoms with Crippen LogP contribution in [0, 0.1) is 0 Å². The summed E-state index contributed by atoms with van der Waals surface area (Å²) in [7, 11) is -0.981. The molecular weight excluding hydrogens is 244 g/mol. The van der Waals surface area contributed by atoms with Crippen molar-refractivity contribution in [1.29, 1.82) is 0 Å². The van der Waals surface area contributed by atoms with E-state index in [0.717, 1.165) is 12.8 Å². The normalized spacial score (nSPS) is 18.2. The second-order valence-corrected chi connectivity index (χ2v) is 5.82. The number of hydrogen-bond acceptors (Lipinski definition) is 3. The van der Waals surface area contributed by atoms with Crippen molar-refractivity contribution in [2.24, 2.45) is 0 Å². The lowest BCUT2D eigenvalue weighted by atomic mass is 10.4. The van der Waals surface area contributed by atoms with Gasteiger partial charge in [-0.15, -0.1) is 0 Å². The topological polar surface area (TPSA) is 86.7 Å². The minimum absolute atomic E-state index is 0.0467. The van der Waals surface area contributed by atoms with Gasteiger partial charge in [0.15, 0.2) is 0 Å². The Morgan fingerprint density at radius 1 is 1.53 bits per heavy atom. The maximum Gasteiger partial charge on any atom is 0.323 e. The van der Waals surface area contributed by atoms with Gasteiger partial charge in [-0.25, -0.2) is 4.79 Å². The van der Waals surface area contributed by atoms with Crippen molar-refractivity contribution in [3.63, 3.8) is 0 Å². The van der Waals surface area contributed by atoms with Crippen molar-refractivity contribution in [2.45, 2.75) is 31.8 Å². The SMILES string of the molecule is CC(CS(C)=O)NC(=O)N(CC(=O)O)C1CC1. The number of carboxylic acid groups (broad SMARTS) is 1. The van der Waals surface area contributed by atoms with Gasteiger partial charge in [0, 0.05) is 34.9 Å². The molecule has 0 bridgehead atoms. The Kier molecular flexibility index (Phi) is 4.92. The molecule has 0 aromatic heterocycles. The molecule has 1 saturated carbocycles. The second kappa shape index (κ2) is 6.00. The quantitative estimate of drug-likeness (QED) is 0.706.